The van der Waals surface area contributed by atoms with Crippen LogP contribution in [0.4, 0.5) is 18.9 Å². The summed E-state index contributed by atoms with van der Waals surface area (Å²) in [6.07, 6.45) is -2.52. The summed E-state index contributed by atoms with van der Waals surface area (Å²) in [5.41, 5.74) is 1.38. The average Bonchev–Trinajstić information content (AvgIpc) is 3.14. The van der Waals surface area contributed by atoms with E-state index >= 15 is 0 Å². The van der Waals surface area contributed by atoms with Crippen LogP contribution in [0.2, 0.25) is 0 Å². The molecule has 1 amide bonds. The molecule has 170 valence electrons. The molecular formula is C24H20F3N3OS2. The van der Waals surface area contributed by atoms with Gasteiger partial charge in [-0.2, -0.15) is 13.2 Å². The summed E-state index contributed by atoms with van der Waals surface area (Å²) in [5, 5.41) is 3.65. The van der Waals surface area contributed by atoms with Gasteiger partial charge < -0.3 is 5.32 Å². The number of fused-ring (bicyclic) bond motifs is 1. The van der Waals surface area contributed by atoms with Gasteiger partial charge in [-0.1, -0.05) is 55.1 Å². The average molecular weight is 488 g/mol. The van der Waals surface area contributed by atoms with Crippen LogP contribution < -0.4 is 5.32 Å². The Labute approximate surface area is 197 Å². The molecule has 1 atom stereocenters. The fourth-order valence-electron chi connectivity index (χ4n) is 3.51. The highest BCUT2D eigenvalue weighted by molar-refractivity contribution is 8.00. The number of hydrogen-bond donors (Lipinski definition) is 1. The van der Waals surface area contributed by atoms with E-state index in [9.17, 15) is 18.0 Å². The molecule has 1 unspecified atom stereocenters. The molecule has 2 aromatic heterocycles. The summed E-state index contributed by atoms with van der Waals surface area (Å²) in [7, 11) is 0. The third kappa shape index (κ3) is 5.04. The van der Waals surface area contributed by atoms with Gasteiger partial charge >= 0.3 is 6.18 Å². The van der Waals surface area contributed by atoms with Crippen molar-refractivity contribution in [2.75, 3.05) is 5.32 Å². The lowest BCUT2D eigenvalue weighted by Crippen LogP contribution is -2.25. The molecule has 33 heavy (non-hydrogen) atoms. The van der Waals surface area contributed by atoms with Crippen LogP contribution in [0.3, 0.4) is 0 Å². The Bertz CT molecular complexity index is 1290. The molecule has 9 heteroatoms. The lowest BCUT2D eigenvalue weighted by atomic mass is 10.0. The molecule has 2 aromatic carbocycles. The Hall–Kier alpha value is -2.91. The number of thiophene rings is 1. The topological polar surface area (TPSA) is 54.9 Å². The summed E-state index contributed by atoms with van der Waals surface area (Å²) in [6, 6.07) is 14.6. The highest BCUT2D eigenvalue weighted by atomic mass is 32.2. The zero-order valence-corrected chi connectivity index (χ0v) is 19.4. The van der Waals surface area contributed by atoms with E-state index in [0.717, 1.165) is 38.4 Å². The Morgan fingerprint density at radius 1 is 1.12 bits per heavy atom. The van der Waals surface area contributed by atoms with E-state index in [2.05, 4.69) is 15.3 Å². The molecule has 0 aliphatic rings. The second kappa shape index (κ2) is 9.52. The highest BCUT2D eigenvalue weighted by Crippen LogP contribution is 2.42. The lowest BCUT2D eigenvalue weighted by Gasteiger charge is -2.16. The summed E-state index contributed by atoms with van der Waals surface area (Å²) >= 11 is 2.86. The van der Waals surface area contributed by atoms with Crippen molar-refractivity contribution in [1.82, 2.24) is 9.97 Å². The third-order valence-electron chi connectivity index (χ3n) is 5.07. The number of nitrogens with zero attached hydrogens (tertiary/aromatic N) is 2. The first-order chi connectivity index (χ1) is 15.8. The second-order valence-corrected chi connectivity index (χ2v) is 9.74. The first-order valence-corrected chi connectivity index (χ1v) is 11.9. The number of thioether (sulfide) groups is 1. The molecule has 0 fully saturated rings. The summed E-state index contributed by atoms with van der Waals surface area (Å²) in [6.45, 7) is 3.89. The Kier molecular flexibility index (Phi) is 6.71. The molecule has 2 heterocycles. The van der Waals surface area contributed by atoms with Crippen LogP contribution in [0.25, 0.3) is 21.3 Å². The van der Waals surface area contributed by atoms with E-state index < -0.39 is 17.0 Å². The Morgan fingerprint density at radius 2 is 1.88 bits per heavy atom. The van der Waals surface area contributed by atoms with Gasteiger partial charge in [0.15, 0.2) is 0 Å². The van der Waals surface area contributed by atoms with Crippen LogP contribution in [0.15, 0.2) is 66.0 Å². The lowest BCUT2D eigenvalue weighted by molar-refractivity contribution is -0.137. The maximum Gasteiger partial charge on any atom is 0.416 e. The van der Waals surface area contributed by atoms with E-state index in [1.54, 1.807) is 11.3 Å². The van der Waals surface area contributed by atoms with Crippen LogP contribution in [0, 0.1) is 6.92 Å². The summed E-state index contributed by atoms with van der Waals surface area (Å²) in [5.74, 6) is -0.373. The van der Waals surface area contributed by atoms with Crippen LogP contribution >= 0.6 is 23.1 Å². The van der Waals surface area contributed by atoms with Crippen molar-refractivity contribution in [1.29, 1.82) is 0 Å². The number of alkyl halides is 3. The smallest absolute Gasteiger partial charge is 0.325 e. The van der Waals surface area contributed by atoms with Gasteiger partial charge in [0, 0.05) is 16.1 Å². The number of carbonyl (C=O) groups is 1. The molecule has 0 aliphatic carbocycles. The minimum absolute atomic E-state index is 0.109. The SMILES string of the molecule is CCC(Sc1ncnc2sc(C)c(-c3ccccc3)c12)C(=O)Nc1cccc(C(F)(F)F)c1. The van der Waals surface area contributed by atoms with Gasteiger partial charge in [-0.15, -0.1) is 11.3 Å². The van der Waals surface area contributed by atoms with E-state index in [1.807, 2.05) is 44.2 Å². The molecule has 0 spiro atoms. The van der Waals surface area contributed by atoms with E-state index in [-0.39, 0.29) is 11.6 Å². The van der Waals surface area contributed by atoms with Crippen molar-refractivity contribution in [3.63, 3.8) is 0 Å². The number of aromatic nitrogens is 2. The van der Waals surface area contributed by atoms with Crippen molar-refractivity contribution in [2.45, 2.75) is 36.7 Å². The number of carbonyl (C=O) groups excluding carboxylic acids is 1. The largest absolute Gasteiger partial charge is 0.416 e. The number of nitrogens with one attached hydrogen (secondary N) is 1. The van der Waals surface area contributed by atoms with Crippen LogP contribution in [0.1, 0.15) is 23.8 Å². The zero-order chi connectivity index (χ0) is 23.6. The highest BCUT2D eigenvalue weighted by Gasteiger charge is 2.31. The van der Waals surface area contributed by atoms with E-state index in [1.165, 1.54) is 30.2 Å². The summed E-state index contributed by atoms with van der Waals surface area (Å²) < 4.78 is 39.0. The maximum absolute atomic E-state index is 13.0. The molecule has 0 radical (unpaired) electrons. The number of amides is 1. The molecule has 4 nitrogen and oxygen atoms in total. The minimum atomic E-state index is -4.48. The molecule has 4 aromatic rings. The molecule has 0 aliphatic heterocycles. The standard InChI is InChI=1S/C24H20F3N3OS2/c1-3-18(21(31)30-17-11-7-10-16(12-17)24(25,26)27)33-23-20-19(15-8-5-4-6-9-15)14(2)32-22(20)28-13-29-23/h4-13,18H,3H2,1-2H3,(H,30,31). The number of aryl methyl sites for hydroxylation is 1. The number of halogens is 3. The van der Waals surface area contributed by atoms with Gasteiger partial charge in [0.1, 0.15) is 16.2 Å². The second-order valence-electron chi connectivity index (χ2n) is 7.34. The maximum atomic E-state index is 13.0. The number of anilines is 1. The van der Waals surface area contributed by atoms with E-state index in [4.69, 9.17) is 0 Å². The van der Waals surface area contributed by atoms with Gasteiger partial charge in [-0.3, -0.25) is 4.79 Å². The van der Waals surface area contributed by atoms with Crippen molar-refractivity contribution in [2.24, 2.45) is 0 Å². The van der Waals surface area contributed by atoms with Crippen LogP contribution in [-0.2, 0) is 11.0 Å². The van der Waals surface area contributed by atoms with Gasteiger partial charge in [-0.25, -0.2) is 9.97 Å². The van der Waals surface area contributed by atoms with Crippen molar-refractivity contribution >= 4 is 44.9 Å². The fourth-order valence-corrected chi connectivity index (χ4v) is 5.62. The van der Waals surface area contributed by atoms with Gasteiger partial charge in [0.2, 0.25) is 5.91 Å². The fraction of sp³-hybridized carbons (Fsp3) is 0.208. The number of benzene rings is 2. The van der Waals surface area contributed by atoms with Gasteiger partial charge in [0.05, 0.1) is 16.2 Å². The molecular weight excluding hydrogens is 467 g/mol. The monoisotopic (exact) mass is 487 g/mol. The predicted octanol–water partition coefficient (Wildman–Crippen LogP) is 7.19. The van der Waals surface area contributed by atoms with Gasteiger partial charge in [-0.05, 0) is 37.1 Å². The molecule has 0 saturated carbocycles. The molecule has 1 N–H and O–H groups in total. The van der Waals surface area contributed by atoms with Crippen molar-refractivity contribution < 1.29 is 18.0 Å². The third-order valence-corrected chi connectivity index (χ3v) is 7.44. The predicted molar refractivity (Wildman–Crippen MR) is 128 cm³/mol. The van der Waals surface area contributed by atoms with Crippen molar-refractivity contribution in [3.05, 3.63) is 71.4 Å². The zero-order valence-electron chi connectivity index (χ0n) is 17.8. The minimum Gasteiger partial charge on any atom is -0.325 e. The molecule has 0 bridgehead atoms. The molecule has 4 rings (SSSR count). The quantitative estimate of drug-likeness (QED) is 0.231. The first kappa shape index (κ1) is 23.3. The normalized spacial score (nSPS) is 12.6. The summed E-state index contributed by atoms with van der Waals surface area (Å²) in [4.78, 5) is 23.8. The number of hydrogen-bond acceptors (Lipinski definition) is 5. The van der Waals surface area contributed by atoms with Crippen LogP contribution in [-0.4, -0.2) is 21.1 Å². The van der Waals surface area contributed by atoms with E-state index in [0.29, 0.717) is 11.4 Å². The molecule has 0 saturated heterocycles. The van der Waals surface area contributed by atoms with Gasteiger partial charge in [0.25, 0.3) is 0 Å². The Balaban J connectivity index is 1.64. The van der Waals surface area contributed by atoms with Crippen LogP contribution in [0.5, 0.6) is 0 Å². The first-order valence-electron chi connectivity index (χ1n) is 10.2. The number of rotatable bonds is 6. The van der Waals surface area contributed by atoms with Crippen molar-refractivity contribution in [3.8, 4) is 11.1 Å². The Morgan fingerprint density at radius 3 is 2.58 bits per heavy atom.